The van der Waals surface area contributed by atoms with E-state index >= 15 is 0 Å². The van der Waals surface area contributed by atoms with E-state index in [1.807, 2.05) is 31.2 Å². The van der Waals surface area contributed by atoms with E-state index < -0.39 is 6.04 Å². The molecule has 0 saturated heterocycles. The molecule has 3 amide bonds. The molecule has 1 N–H and O–H groups in total. The molecule has 0 aliphatic carbocycles. The zero-order valence-corrected chi connectivity index (χ0v) is 14.5. The fourth-order valence-electron chi connectivity index (χ4n) is 3.13. The molecule has 128 valence electrons. The van der Waals surface area contributed by atoms with E-state index in [0.29, 0.717) is 30.3 Å². The lowest BCUT2D eigenvalue weighted by atomic mass is 9.93. The summed E-state index contributed by atoms with van der Waals surface area (Å²) < 4.78 is 0. The maximum absolute atomic E-state index is 12.7. The van der Waals surface area contributed by atoms with Crippen molar-refractivity contribution in [2.75, 3.05) is 20.2 Å². The normalized spacial score (nSPS) is 20.8. The summed E-state index contributed by atoms with van der Waals surface area (Å²) >= 11 is 0. The molecule has 0 bridgehead atoms. The van der Waals surface area contributed by atoms with Crippen molar-refractivity contribution in [3.63, 3.8) is 0 Å². The number of hydroxylamine groups is 2. The van der Waals surface area contributed by atoms with Gasteiger partial charge in [0.05, 0.1) is 30.5 Å². The molecule has 6 heteroatoms. The van der Waals surface area contributed by atoms with Gasteiger partial charge in [0.15, 0.2) is 0 Å². The predicted octanol–water partition coefficient (Wildman–Crippen LogP) is 2.55. The van der Waals surface area contributed by atoms with Crippen molar-refractivity contribution in [3.8, 4) is 0 Å². The molecule has 1 aromatic carbocycles. The van der Waals surface area contributed by atoms with Gasteiger partial charge in [0.25, 0.3) is 5.91 Å². The van der Waals surface area contributed by atoms with E-state index in [0.717, 1.165) is 5.56 Å². The summed E-state index contributed by atoms with van der Waals surface area (Å²) in [5.74, 6) is 0.249. The number of rotatable bonds is 4. The van der Waals surface area contributed by atoms with Crippen LogP contribution in [0.3, 0.4) is 0 Å². The highest BCUT2D eigenvalue weighted by Gasteiger charge is 2.43. The third kappa shape index (κ3) is 2.67. The molecule has 0 fully saturated rings. The van der Waals surface area contributed by atoms with Crippen molar-refractivity contribution >= 4 is 11.9 Å². The largest absolute Gasteiger partial charge is 0.327 e. The second-order valence-electron chi connectivity index (χ2n) is 6.38. The summed E-state index contributed by atoms with van der Waals surface area (Å²) in [6.45, 7) is 6.80. The number of carbonyl (C=O) groups is 2. The quantitative estimate of drug-likeness (QED) is 0.923. The van der Waals surface area contributed by atoms with Crippen molar-refractivity contribution in [1.29, 1.82) is 0 Å². The van der Waals surface area contributed by atoms with Crippen molar-refractivity contribution < 1.29 is 14.4 Å². The molecule has 2 aliphatic heterocycles. The lowest BCUT2D eigenvalue weighted by molar-refractivity contribution is -0.174. The van der Waals surface area contributed by atoms with Crippen LogP contribution in [0.25, 0.3) is 0 Å². The van der Waals surface area contributed by atoms with Gasteiger partial charge in [0, 0.05) is 7.05 Å². The summed E-state index contributed by atoms with van der Waals surface area (Å²) in [4.78, 5) is 31.9. The van der Waals surface area contributed by atoms with Crippen molar-refractivity contribution in [2.24, 2.45) is 0 Å². The van der Waals surface area contributed by atoms with Crippen molar-refractivity contribution in [2.45, 2.75) is 32.7 Å². The monoisotopic (exact) mass is 329 g/mol. The van der Waals surface area contributed by atoms with E-state index in [2.05, 4.69) is 19.2 Å². The van der Waals surface area contributed by atoms with E-state index in [1.54, 1.807) is 7.05 Å². The van der Waals surface area contributed by atoms with Crippen molar-refractivity contribution in [1.82, 2.24) is 15.3 Å². The second kappa shape index (κ2) is 6.28. The Kier molecular flexibility index (Phi) is 4.32. The SMILES string of the molecule is CCON1CC2=C(C1=O)[C@H](c1ccc(C(C)C)cc1)NC(=O)N2C. The van der Waals surface area contributed by atoms with Gasteiger partial charge in [-0.15, -0.1) is 0 Å². The van der Waals surface area contributed by atoms with E-state index in [9.17, 15) is 9.59 Å². The molecule has 1 atom stereocenters. The summed E-state index contributed by atoms with van der Waals surface area (Å²) in [5.41, 5.74) is 3.42. The second-order valence-corrected chi connectivity index (χ2v) is 6.38. The minimum Gasteiger partial charge on any atom is -0.327 e. The molecule has 1 aromatic rings. The Morgan fingerprint density at radius 1 is 1.25 bits per heavy atom. The molecule has 6 nitrogen and oxygen atoms in total. The van der Waals surface area contributed by atoms with Gasteiger partial charge in [-0.3, -0.25) is 14.5 Å². The van der Waals surface area contributed by atoms with Crippen LogP contribution in [0.15, 0.2) is 35.5 Å². The van der Waals surface area contributed by atoms with Crippen LogP contribution in [0, 0.1) is 0 Å². The molecule has 0 aromatic heterocycles. The Labute approximate surface area is 142 Å². The van der Waals surface area contributed by atoms with Crippen LogP contribution in [0.4, 0.5) is 4.79 Å². The van der Waals surface area contributed by atoms with E-state index in [1.165, 1.54) is 15.5 Å². The molecular formula is C18H23N3O3. The molecule has 0 spiro atoms. The minimum absolute atomic E-state index is 0.184. The number of hydrogen-bond acceptors (Lipinski definition) is 3. The van der Waals surface area contributed by atoms with Gasteiger partial charge in [-0.05, 0) is 24.0 Å². The summed E-state index contributed by atoms with van der Waals surface area (Å²) in [6.07, 6.45) is 0. The first kappa shape index (κ1) is 16.5. The van der Waals surface area contributed by atoms with E-state index in [-0.39, 0.29) is 11.9 Å². The number of hydrogen-bond donors (Lipinski definition) is 1. The molecule has 0 saturated carbocycles. The highest BCUT2D eigenvalue weighted by atomic mass is 16.7. The highest BCUT2D eigenvalue weighted by Crippen LogP contribution is 2.36. The van der Waals surface area contributed by atoms with Gasteiger partial charge in [-0.2, -0.15) is 0 Å². The fraction of sp³-hybridized carbons (Fsp3) is 0.444. The van der Waals surface area contributed by atoms with Gasteiger partial charge in [0.1, 0.15) is 0 Å². The molecular weight excluding hydrogens is 306 g/mol. The topological polar surface area (TPSA) is 61.9 Å². The number of urea groups is 1. The first-order valence-corrected chi connectivity index (χ1v) is 8.26. The smallest absolute Gasteiger partial charge is 0.322 e. The fourth-order valence-corrected chi connectivity index (χ4v) is 3.13. The standard InChI is InChI=1S/C18H23N3O3/c1-5-24-21-10-14-15(17(21)22)16(19-18(23)20(14)4)13-8-6-12(7-9-13)11(2)3/h6-9,11,16H,5,10H2,1-4H3,(H,19,23)/t16-/m0/s1. The highest BCUT2D eigenvalue weighted by molar-refractivity contribution is 6.00. The van der Waals surface area contributed by atoms with Crippen LogP contribution < -0.4 is 5.32 Å². The van der Waals surface area contributed by atoms with Gasteiger partial charge < -0.3 is 5.32 Å². The molecule has 2 aliphatic rings. The predicted molar refractivity (Wildman–Crippen MR) is 89.9 cm³/mol. The molecule has 0 radical (unpaired) electrons. The zero-order valence-electron chi connectivity index (χ0n) is 14.5. The number of carbonyl (C=O) groups excluding carboxylic acids is 2. The zero-order chi connectivity index (χ0) is 17.4. The van der Waals surface area contributed by atoms with Crippen LogP contribution in [-0.4, -0.2) is 42.1 Å². The first-order valence-electron chi connectivity index (χ1n) is 8.26. The van der Waals surface area contributed by atoms with Crippen LogP contribution in [-0.2, 0) is 9.63 Å². The van der Waals surface area contributed by atoms with Crippen LogP contribution >= 0.6 is 0 Å². The third-order valence-corrected chi connectivity index (χ3v) is 4.55. The van der Waals surface area contributed by atoms with Crippen LogP contribution in [0.1, 0.15) is 43.9 Å². The van der Waals surface area contributed by atoms with Gasteiger partial charge in [-0.25, -0.2) is 9.86 Å². The molecule has 3 rings (SSSR count). The average molecular weight is 329 g/mol. The Morgan fingerprint density at radius 2 is 1.92 bits per heavy atom. The van der Waals surface area contributed by atoms with Crippen LogP contribution in [0.5, 0.6) is 0 Å². The Hall–Kier alpha value is -2.34. The van der Waals surface area contributed by atoms with Gasteiger partial charge >= 0.3 is 6.03 Å². The van der Waals surface area contributed by atoms with Gasteiger partial charge in [0.2, 0.25) is 0 Å². The lowest BCUT2D eigenvalue weighted by Gasteiger charge is -2.31. The van der Waals surface area contributed by atoms with Crippen LogP contribution in [0.2, 0.25) is 0 Å². The molecule has 24 heavy (non-hydrogen) atoms. The Balaban J connectivity index is 1.98. The minimum atomic E-state index is -0.442. The lowest BCUT2D eigenvalue weighted by Crippen LogP contribution is -2.45. The maximum atomic E-state index is 12.7. The number of nitrogens with one attached hydrogen (secondary N) is 1. The average Bonchev–Trinajstić information content (AvgIpc) is 2.89. The molecule has 2 heterocycles. The summed E-state index contributed by atoms with van der Waals surface area (Å²) in [7, 11) is 1.67. The third-order valence-electron chi connectivity index (χ3n) is 4.55. The molecule has 0 unspecified atom stereocenters. The van der Waals surface area contributed by atoms with Crippen molar-refractivity contribution in [3.05, 3.63) is 46.7 Å². The Bertz CT molecular complexity index is 694. The van der Waals surface area contributed by atoms with Gasteiger partial charge in [-0.1, -0.05) is 38.1 Å². The maximum Gasteiger partial charge on any atom is 0.322 e. The summed E-state index contributed by atoms with van der Waals surface area (Å²) in [5, 5.41) is 4.25. The first-order chi connectivity index (χ1) is 11.4. The number of nitrogens with zero attached hydrogens (tertiary/aromatic N) is 2. The number of likely N-dealkylation sites (N-methyl/N-ethyl adjacent to an activating group) is 1. The summed E-state index contributed by atoms with van der Waals surface area (Å²) in [6, 6.07) is 7.40. The number of benzene rings is 1. The number of amides is 3. The van der Waals surface area contributed by atoms with E-state index in [4.69, 9.17) is 4.84 Å². The Morgan fingerprint density at radius 3 is 2.50 bits per heavy atom.